The fourth-order valence-corrected chi connectivity index (χ4v) is 1.21. The molecule has 0 heterocycles. The second-order valence-corrected chi connectivity index (χ2v) is 4.76. The Balaban J connectivity index is 2.63. The summed E-state index contributed by atoms with van der Waals surface area (Å²) >= 11 is 0. The van der Waals surface area contributed by atoms with Crippen molar-refractivity contribution < 1.29 is 0 Å². The summed E-state index contributed by atoms with van der Waals surface area (Å²) in [6.45, 7) is 9.41. The Hall–Kier alpha value is -1.11. The third kappa shape index (κ3) is 3.73. The molecule has 0 atom stereocenters. The number of benzene rings is 1. The van der Waals surface area contributed by atoms with Crippen molar-refractivity contribution in [2.75, 3.05) is 0 Å². The van der Waals surface area contributed by atoms with E-state index >= 15 is 0 Å². The Kier molecular flexibility index (Phi) is 3.45. The molecular weight excluding hydrogens is 170 g/mol. The Labute approximate surface area is 86.9 Å². The lowest BCUT2D eigenvalue weighted by Gasteiger charge is -2.10. The molecule has 0 spiro atoms. The van der Waals surface area contributed by atoms with Crippen molar-refractivity contribution in [3.63, 3.8) is 0 Å². The molecule has 1 heteroatoms. The normalized spacial score (nSPS) is 12.3. The minimum Gasteiger partial charge on any atom is -0.292 e. The predicted octanol–water partition coefficient (Wildman–Crippen LogP) is 3.61. The lowest BCUT2D eigenvalue weighted by atomic mass is 9.99. The second kappa shape index (κ2) is 4.41. The van der Waals surface area contributed by atoms with E-state index in [-0.39, 0.29) is 5.41 Å². The van der Waals surface area contributed by atoms with Crippen LogP contribution in [-0.2, 0) is 6.54 Å². The average Bonchev–Trinajstić information content (AvgIpc) is 2.06. The molecule has 1 aromatic rings. The van der Waals surface area contributed by atoms with E-state index in [1.54, 1.807) is 0 Å². The van der Waals surface area contributed by atoms with Crippen molar-refractivity contribution in [2.24, 2.45) is 10.4 Å². The fourth-order valence-electron chi connectivity index (χ4n) is 1.21. The van der Waals surface area contributed by atoms with E-state index in [9.17, 15) is 0 Å². The van der Waals surface area contributed by atoms with Gasteiger partial charge in [0.15, 0.2) is 0 Å². The maximum atomic E-state index is 4.45. The van der Waals surface area contributed by atoms with E-state index in [2.05, 4.69) is 57.0 Å². The largest absolute Gasteiger partial charge is 0.292 e. The molecule has 0 bridgehead atoms. The van der Waals surface area contributed by atoms with Gasteiger partial charge in [-0.3, -0.25) is 4.99 Å². The van der Waals surface area contributed by atoms with Crippen LogP contribution in [0.25, 0.3) is 0 Å². The zero-order valence-electron chi connectivity index (χ0n) is 9.54. The molecule has 14 heavy (non-hydrogen) atoms. The molecule has 76 valence electrons. The lowest BCUT2D eigenvalue weighted by molar-refractivity contribution is 0.604. The first kappa shape index (κ1) is 11.0. The molecule has 0 aliphatic heterocycles. The van der Waals surface area contributed by atoms with Gasteiger partial charge in [-0.15, -0.1) is 0 Å². The minimum atomic E-state index is 0.183. The highest BCUT2D eigenvalue weighted by Gasteiger charge is 2.04. The smallest absolute Gasteiger partial charge is 0.0638 e. The summed E-state index contributed by atoms with van der Waals surface area (Å²) < 4.78 is 0. The van der Waals surface area contributed by atoms with Gasteiger partial charge < -0.3 is 0 Å². The van der Waals surface area contributed by atoms with E-state index in [0.717, 1.165) is 6.54 Å². The van der Waals surface area contributed by atoms with E-state index in [0.29, 0.717) is 0 Å². The molecular formula is C13H19N. The van der Waals surface area contributed by atoms with Crippen LogP contribution >= 0.6 is 0 Å². The van der Waals surface area contributed by atoms with Gasteiger partial charge in [-0.25, -0.2) is 0 Å². The molecule has 0 radical (unpaired) electrons. The number of aliphatic imine (C=N–C) groups is 1. The van der Waals surface area contributed by atoms with Crippen LogP contribution in [0.15, 0.2) is 29.3 Å². The maximum Gasteiger partial charge on any atom is 0.0638 e. The quantitative estimate of drug-likeness (QED) is 0.630. The number of rotatable bonds is 2. The first-order valence-electron chi connectivity index (χ1n) is 5.04. The van der Waals surface area contributed by atoms with Crippen molar-refractivity contribution in [3.05, 3.63) is 35.4 Å². The SMILES string of the molecule is Cc1ccccc1CN=CC(C)(C)C. The topological polar surface area (TPSA) is 12.4 Å². The zero-order valence-corrected chi connectivity index (χ0v) is 9.54. The van der Waals surface area contributed by atoms with Gasteiger partial charge in [0.25, 0.3) is 0 Å². The Bertz CT molecular complexity index is 318. The second-order valence-electron chi connectivity index (χ2n) is 4.76. The molecule has 0 saturated heterocycles. The minimum absolute atomic E-state index is 0.183. The van der Waals surface area contributed by atoms with Crippen LogP contribution in [0.3, 0.4) is 0 Å². The van der Waals surface area contributed by atoms with Gasteiger partial charge in [0.1, 0.15) is 0 Å². The van der Waals surface area contributed by atoms with Gasteiger partial charge in [0.05, 0.1) is 6.54 Å². The molecule has 0 fully saturated rings. The lowest BCUT2D eigenvalue weighted by Crippen LogP contribution is -2.06. The summed E-state index contributed by atoms with van der Waals surface area (Å²) in [5, 5.41) is 0. The molecule has 0 aliphatic rings. The maximum absolute atomic E-state index is 4.45. The standard InChI is InChI=1S/C13H19N/c1-11-7-5-6-8-12(11)9-14-10-13(2,3)4/h5-8,10H,9H2,1-4H3. The zero-order chi connectivity index (χ0) is 10.6. The van der Waals surface area contributed by atoms with Gasteiger partial charge in [-0.1, -0.05) is 45.0 Å². The fraction of sp³-hybridized carbons (Fsp3) is 0.462. The molecule has 0 unspecified atom stereocenters. The molecule has 0 saturated carbocycles. The van der Waals surface area contributed by atoms with Gasteiger partial charge >= 0.3 is 0 Å². The predicted molar refractivity (Wildman–Crippen MR) is 62.8 cm³/mol. The van der Waals surface area contributed by atoms with Crippen LogP contribution in [0.4, 0.5) is 0 Å². The van der Waals surface area contributed by atoms with Crippen molar-refractivity contribution in [1.82, 2.24) is 0 Å². The van der Waals surface area contributed by atoms with Crippen LogP contribution in [0.1, 0.15) is 31.9 Å². The highest BCUT2D eigenvalue weighted by atomic mass is 14.7. The van der Waals surface area contributed by atoms with Crippen molar-refractivity contribution in [3.8, 4) is 0 Å². The summed E-state index contributed by atoms with van der Waals surface area (Å²) in [6.07, 6.45) is 2.03. The van der Waals surface area contributed by atoms with E-state index < -0.39 is 0 Å². The molecule has 1 aromatic carbocycles. The number of hydrogen-bond donors (Lipinski definition) is 0. The molecule has 0 N–H and O–H groups in total. The van der Waals surface area contributed by atoms with E-state index in [1.807, 2.05) is 6.21 Å². The average molecular weight is 189 g/mol. The molecule has 0 aliphatic carbocycles. The summed E-state index contributed by atoms with van der Waals surface area (Å²) in [5.74, 6) is 0. The summed E-state index contributed by atoms with van der Waals surface area (Å²) in [5.41, 5.74) is 2.81. The highest BCUT2D eigenvalue weighted by molar-refractivity contribution is 5.63. The first-order valence-corrected chi connectivity index (χ1v) is 5.04. The van der Waals surface area contributed by atoms with Crippen molar-refractivity contribution in [2.45, 2.75) is 34.2 Å². The third-order valence-corrected chi connectivity index (χ3v) is 2.00. The van der Waals surface area contributed by atoms with Gasteiger partial charge in [-0.05, 0) is 23.5 Å². The third-order valence-electron chi connectivity index (χ3n) is 2.00. The molecule has 0 amide bonds. The molecule has 1 rings (SSSR count). The number of aryl methyl sites for hydroxylation is 1. The monoisotopic (exact) mass is 189 g/mol. The first-order chi connectivity index (χ1) is 6.49. The van der Waals surface area contributed by atoms with Crippen LogP contribution in [0.2, 0.25) is 0 Å². The van der Waals surface area contributed by atoms with Gasteiger partial charge in [-0.2, -0.15) is 0 Å². The summed E-state index contributed by atoms with van der Waals surface area (Å²) in [4.78, 5) is 4.45. The summed E-state index contributed by atoms with van der Waals surface area (Å²) in [6, 6.07) is 8.39. The van der Waals surface area contributed by atoms with Crippen molar-refractivity contribution in [1.29, 1.82) is 0 Å². The van der Waals surface area contributed by atoms with Crippen LogP contribution < -0.4 is 0 Å². The van der Waals surface area contributed by atoms with E-state index in [1.165, 1.54) is 11.1 Å². The highest BCUT2D eigenvalue weighted by Crippen LogP contribution is 2.11. The van der Waals surface area contributed by atoms with Crippen molar-refractivity contribution >= 4 is 6.21 Å². The Morgan fingerprint density at radius 1 is 1.21 bits per heavy atom. The Morgan fingerprint density at radius 3 is 2.43 bits per heavy atom. The van der Waals surface area contributed by atoms with Crippen LogP contribution in [-0.4, -0.2) is 6.21 Å². The Morgan fingerprint density at radius 2 is 1.86 bits per heavy atom. The van der Waals surface area contributed by atoms with E-state index in [4.69, 9.17) is 0 Å². The van der Waals surface area contributed by atoms with Crippen LogP contribution in [0, 0.1) is 12.3 Å². The van der Waals surface area contributed by atoms with Crippen LogP contribution in [0.5, 0.6) is 0 Å². The molecule has 0 aromatic heterocycles. The number of hydrogen-bond acceptors (Lipinski definition) is 1. The summed E-state index contributed by atoms with van der Waals surface area (Å²) in [7, 11) is 0. The molecule has 1 nitrogen and oxygen atoms in total. The van der Waals surface area contributed by atoms with Gasteiger partial charge in [0, 0.05) is 6.21 Å². The number of nitrogens with zero attached hydrogens (tertiary/aromatic N) is 1. The van der Waals surface area contributed by atoms with Gasteiger partial charge in [0.2, 0.25) is 0 Å².